The molecule has 1 atom stereocenters. The van der Waals surface area contributed by atoms with Crippen molar-refractivity contribution in [2.45, 2.75) is 57.1 Å². The van der Waals surface area contributed by atoms with Gasteiger partial charge in [0, 0.05) is 5.92 Å². The molecule has 0 saturated heterocycles. The highest BCUT2D eigenvalue weighted by Gasteiger charge is 2.29. The molecule has 0 spiro atoms. The molecular formula is C23H30N2O4S. The Hall–Kier alpha value is -2.54. The highest BCUT2D eigenvalue weighted by atomic mass is 32.2. The number of H-pyrrole nitrogens is 1. The first-order valence-electron chi connectivity index (χ1n) is 9.92. The first-order chi connectivity index (χ1) is 14.2. The van der Waals surface area contributed by atoms with Crippen LogP contribution >= 0.6 is 11.8 Å². The van der Waals surface area contributed by atoms with E-state index in [9.17, 15) is 9.59 Å². The van der Waals surface area contributed by atoms with Gasteiger partial charge in [-0.25, -0.2) is 4.79 Å². The Labute approximate surface area is 182 Å². The molecule has 2 aromatic rings. The fourth-order valence-electron chi connectivity index (χ4n) is 2.89. The number of ether oxygens (including phenoxy) is 2. The third kappa shape index (κ3) is 6.23. The number of methoxy groups -OCH3 is 1. The number of nitrogens with zero attached hydrogens (tertiary/aromatic N) is 1. The minimum atomic E-state index is -0.614. The van der Waals surface area contributed by atoms with Gasteiger partial charge in [0.2, 0.25) is 0 Å². The van der Waals surface area contributed by atoms with Crippen LogP contribution in [0.5, 0.6) is 0 Å². The Balaban J connectivity index is 2.41. The summed E-state index contributed by atoms with van der Waals surface area (Å²) < 4.78 is 10.4. The van der Waals surface area contributed by atoms with Gasteiger partial charge in [-0.2, -0.15) is 5.10 Å². The Kier molecular flexibility index (Phi) is 8.29. The lowest BCUT2D eigenvalue weighted by Gasteiger charge is -2.21. The van der Waals surface area contributed by atoms with Crippen molar-refractivity contribution < 1.29 is 19.1 Å². The minimum Gasteiger partial charge on any atom is -0.469 e. The van der Waals surface area contributed by atoms with Gasteiger partial charge in [0.05, 0.1) is 19.2 Å². The fraction of sp³-hybridized carbons (Fsp3) is 0.435. The van der Waals surface area contributed by atoms with E-state index in [0.717, 1.165) is 23.3 Å². The molecule has 0 aliphatic rings. The van der Waals surface area contributed by atoms with Gasteiger partial charge in [0.25, 0.3) is 0 Å². The summed E-state index contributed by atoms with van der Waals surface area (Å²) in [5.74, 6) is -0.121. The molecular weight excluding hydrogens is 400 g/mol. The number of carbonyl (C=O) groups is 2. The van der Waals surface area contributed by atoms with Gasteiger partial charge in [0.15, 0.2) is 0 Å². The number of thioether (sulfide) groups is 1. The quantitative estimate of drug-likeness (QED) is 0.346. The van der Waals surface area contributed by atoms with Gasteiger partial charge in [-0.05, 0) is 44.1 Å². The number of carbonyl (C=O) groups excluding carboxylic acids is 2. The van der Waals surface area contributed by atoms with E-state index in [0.29, 0.717) is 16.3 Å². The van der Waals surface area contributed by atoms with E-state index in [1.165, 1.54) is 18.9 Å². The van der Waals surface area contributed by atoms with E-state index in [4.69, 9.17) is 9.47 Å². The van der Waals surface area contributed by atoms with E-state index in [2.05, 4.69) is 23.7 Å². The molecule has 1 unspecified atom stereocenters. The maximum Gasteiger partial charge on any atom is 0.343 e. The smallest absolute Gasteiger partial charge is 0.343 e. The van der Waals surface area contributed by atoms with Gasteiger partial charge >= 0.3 is 11.9 Å². The largest absolute Gasteiger partial charge is 0.469 e. The Morgan fingerprint density at radius 1 is 1.27 bits per heavy atom. The monoisotopic (exact) mass is 430 g/mol. The third-order valence-corrected chi connectivity index (χ3v) is 5.45. The number of aromatic amines is 1. The van der Waals surface area contributed by atoms with Crippen molar-refractivity contribution in [2.75, 3.05) is 12.9 Å². The van der Waals surface area contributed by atoms with Crippen LogP contribution in [0.1, 0.15) is 67.2 Å². The van der Waals surface area contributed by atoms with Crippen LogP contribution in [-0.2, 0) is 20.7 Å². The maximum absolute atomic E-state index is 13.0. The molecule has 0 amide bonds. The average Bonchev–Trinajstić information content (AvgIpc) is 3.10. The van der Waals surface area contributed by atoms with Gasteiger partial charge < -0.3 is 9.47 Å². The number of benzene rings is 1. The molecule has 0 aliphatic heterocycles. The first kappa shape index (κ1) is 23.7. The van der Waals surface area contributed by atoms with E-state index in [-0.39, 0.29) is 18.3 Å². The maximum atomic E-state index is 13.0. The molecule has 6 nitrogen and oxygen atoms in total. The summed E-state index contributed by atoms with van der Waals surface area (Å²) in [6.45, 7) is 11.6. The second-order valence-corrected chi connectivity index (χ2v) is 8.96. The van der Waals surface area contributed by atoms with E-state index >= 15 is 0 Å². The number of hydrogen-bond donors (Lipinski definition) is 1. The summed E-state index contributed by atoms with van der Waals surface area (Å²) in [5, 5.41) is 8.07. The molecule has 1 heterocycles. The van der Waals surface area contributed by atoms with Crippen molar-refractivity contribution in [3.05, 3.63) is 59.3 Å². The van der Waals surface area contributed by atoms with Crippen LogP contribution in [0.3, 0.4) is 0 Å². The summed E-state index contributed by atoms with van der Waals surface area (Å²) >= 11 is 1.53. The zero-order chi connectivity index (χ0) is 22.3. The number of rotatable bonds is 9. The van der Waals surface area contributed by atoms with Crippen LogP contribution in [-0.4, -0.2) is 40.6 Å². The van der Waals surface area contributed by atoms with Crippen molar-refractivity contribution >= 4 is 23.7 Å². The number of nitrogens with one attached hydrogen (secondary N) is 1. The molecule has 1 N–H and O–H groups in total. The molecule has 7 heteroatoms. The van der Waals surface area contributed by atoms with Crippen LogP contribution in [0, 0.1) is 0 Å². The summed E-state index contributed by atoms with van der Waals surface area (Å²) in [6, 6.07) is 7.59. The van der Waals surface area contributed by atoms with Crippen molar-refractivity contribution in [1.82, 2.24) is 10.2 Å². The number of aromatic nitrogens is 2. The molecule has 1 aromatic carbocycles. The van der Waals surface area contributed by atoms with Crippen molar-refractivity contribution in [3.8, 4) is 0 Å². The lowest BCUT2D eigenvalue weighted by molar-refractivity contribution is -0.139. The van der Waals surface area contributed by atoms with E-state index in [1.807, 2.05) is 45.0 Å². The van der Waals surface area contributed by atoms with Crippen molar-refractivity contribution in [1.29, 1.82) is 0 Å². The molecule has 0 saturated carbocycles. The van der Waals surface area contributed by atoms with Crippen molar-refractivity contribution in [3.63, 3.8) is 0 Å². The number of allylic oxidation sites excluding steroid dienone is 1. The molecule has 0 bridgehead atoms. The first-order valence-corrected chi connectivity index (χ1v) is 10.9. The Morgan fingerprint density at radius 2 is 1.93 bits per heavy atom. The minimum absolute atomic E-state index is 0.209. The van der Waals surface area contributed by atoms with Gasteiger partial charge in [-0.1, -0.05) is 37.3 Å². The van der Waals surface area contributed by atoms with Crippen LogP contribution in [0.25, 0.3) is 0 Å². The molecule has 30 heavy (non-hydrogen) atoms. The second-order valence-electron chi connectivity index (χ2n) is 7.88. The van der Waals surface area contributed by atoms with Crippen LogP contribution < -0.4 is 0 Å². The molecule has 162 valence electrons. The highest BCUT2D eigenvalue weighted by Crippen LogP contribution is 2.33. The summed E-state index contributed by atoms with van der Waals surface area (Å²) in [7, 11) is 1.37. The molecule has 0 fully saturated rings. The second kappa shape index (κ2) is 10.5. The molecule has 0 aliphatic carbocycles. The third-order valence-electron chi connectivity index (χ3n) is 4.27. The predicted molar refractivity (Wildman–Crippen MR) is 119 cm³/mol. The average molecular weight is 431 g/mol. The van der Waals surface area contributed by atoms with Gasteiger partial charge in [0.1, 0.15) is 16.2 Å². The van der Waals surface area contributed by atoms with Crippen LogP contribution in [0.4, 0.5) is 0 Å². The normalized spacial score (nSPS) is 12.3. The summed E-state index contributed by atoms with van der Waals surface area (Å²) in [5.41, 5.74) is 2.27. The van der Waals surface area contributed by atoms with Gasteiger partial charge in [-0.15, -0.1) is 18.3 Å². The van der Waals surface area contributed by atoms with E-state index < -0.39 is 11.6 Å². The number of esters is 2. The van der Waals surface area contributed by atoms with E-state index in [1.54, 1.807) is 6.08 Å². The van der Waals surface area contributed by atoms with Crippen molar-refractivity contribution in [2.24, 2.45) is 0 Å². The Bertz CT molecular complexity index is 882. The SMILES string of the molecule is C=CC(c1ccc(CC(=O)OC)cc1)c1[nH]nc(SCCC)c1C(=O)OC(C)(C)C. The number of hydrogen-bond acceptors (Lipinski definition) is 6. The molecule has 0 radical (unpaired) electrons. The lowest BCUT2D eigenvalue weighted by Crippen LogP contribution is -2.25. The summed E-state index contributed by atoms with van der Waals surface area (Å²) in [6.07, 6.45) is 2.94. The van der Waals surface area contributed by atoms with Gasteiger partial charge in [-0.3, -0.25) is 9.89 Å². The fourth-order valence-corrected chi connectivity index (χ4v) is 3.74. The zero-order valence-electron chi connectivity index (χ0n) is 18.3. The van der Waals surface area contributed by atoms with Crippen LogP contribution in [0.15, 0.2) is 41.9 Å². The molecule has 1 aromatic heterocycles. The predicted octanol–water partition coefficient (Wildman–Crippen LogP) is 4.90. The summed E-state index contributed by atoms with van der Waals surface area (Å²) in [4.78, 5) is 24.5. The zero-order valence-corrected chi connectivity index (χ0v) is 19.1. The molecule has 2 rings (SSSR count). The lowest BCUT2D eigenvalue weighted by atomic mass is 9.92. The highest BCUT2D eigenvalue weighted by molar-refractivity contribution is 7.99. The van der Waals surface area contributed by atoms with Crippen LogP contribution in [0.2, 0.25) is 0 Å². The Morgan fingerprint density at radius 3 is 2.47 bits per heavy atom. The topological polar surface area (TPSA) is 81.3 Å². The standard InChI is InChI=1S/C23H30N2O4S/c1-7-13-30-21-19(22(27)29-23(3,4)5)20(24-25-21)17(8-2)16-11-9-15(10-12-16)14-18(26)28-6/h8-12,17H,2,7,13-14H2,1,3-6H3,(H,24,25).